The van der Waals surface area contributed by atoms with Gasteiger partial charge in [0.25, 0.3) is 0 Å². The Labute approximate surface area is 114 Å². The van der Waals surface area contributed by atoms with Crippen molar-refractivity contribution in [3.8, 4) is 5.75 Å². The minimum atomic E-state index is 0.931. The van der Waals surface area contributed by atoms with Crippen LogP contribution >= 0.6 is 0 Å². The standard InChI is InChI=1S/C17H19NO/c1-19-16-7-2-4-13(11-16)10-15-6-3-5-14-8-9-18-12-17(14)15/h2-7,11,18H,8-10,12H2,1H3. The third-order valence-electron chi connectivity index (χ3n) is 3.77. The summed E-state index contributed by atoms with van der Waals surface area (Å²) in [5.41, 5.74) is 5.71. The van der Waals surface area contributed by atoms with Crippen molar-refractivity contribution in [1.29, 1.82) is 0 Å². The Morgan fingerprint density at radius 2 is 2.05 bits per heavy atom. The summed E-state index contributed by atoms with van der Waals surface area (Å²) in [6.45, 7) is 2.09. The van der Waals surface area contributed by atoms with E-state index in [-0.39, 0.29) is 0 Å². The smallest absolute Gasteiger partial charge is 0.119 e. The summed E-state index contributed by atoms with van der Waals surface area (Å²) in [6.07, 6.45) is 2.11. The maximum Gasteiger partial charge on any atom is 0.119 e. The summed E-state index contributed by atoms with van der Waals surface area (Å²) in [6, 6.07) is 15.0. The maximum absolute atomic E-state index is 5.29. The Bertz CT molecular complexity index is 577. The van der Waals surface area contributed by atoms with Crippen molar-refractivity contribution in [3.05, 3.63) is 64.7 Å². The van der Waals surface area contributed by atoms with Gasteiger partial charge in [-0.15, -0.1) is 0 Å². The summed E-state index contributed by atoms with van der Waals surface area (Å²) < 4.78 is 5.29. The van der Waals surface area contributed by atoms with E-state index in [2.05, 4.69) is 41.7 Å². The number of methoxy groups -OCH3 is 1. The van der Waals surface area contributed by atoms with Crippen LogP contribution in [0.25, 0.3) is 0 Å². The number of ether oxygens (including phenoxy) is 1. The van der Waals surface area contributed by atoms with E-state index < -0.39 is 0 Å². The van der Waals surface area contributed by atoms with E-state index in [0.717, 1.165) is 31.7 Å². The molecule has 0 amide bonds. The van der Waals surface area contributed by atoms with Crippen molar-refractivity contribution in [2.75, 3.05) is 13.7 Å². The van der Waals surface area contributed by atoms with Gasteiger partial charge in [-0.05, 0) is 53.8 Å². The summed E-state index contributed by atoms with van der Waals surface area (Å²) >= 11 is 0. The van der Waals surface area contributed by atoms with Crippen LogP contribution in [0.5, 0.6) is 5.75 Å². The molecule has 3 rings (SSSR count). The van der Waals surface area contributed by atoms with Crippen LogP contribution in [0.15, 0.2) is 42.5 Å². The van der Waals surface area contributed by atoms with Gasteiger partial charge in [0.1, 0.15) is 5.75 Å². The second kappa shape index (κ2) is 5.45. The average molecular weight is 253 g/mol. The van der Waals surface area contributed by atoms with Gasteiger partial charge in [-0.2, -0.15) is 0 Å². The number of hydrogen-bond donors (Lipinski definition) is 1. The molecule has 19 heavy (non-hydrogen) atoms. The van der Waals surface area contributed by atoms with Crippen LogP contribution in [0.1, 0.15) is 22.3 Å². The van der Waals surface area contributed by atoms with Gasteiger partial charge < -0.3 is 10.1 Å². The fourth-order valence-corrected chi connectivity index (χ4v) is 2.75. The normalized spacial score (nSPS) is 13.9. The molecule has 2 aromatic rings. The van der Waals surface area contributed by atoms with Crippen molar-refractivity contribution in [3.63, 3.8) is 0 Å². The van der Waals surface area contributed by atoms with Gasteiger partial charge in [-0.3, -0.25) is 0 Å². The fourth-order valence-electron chi connectivity index (χ4n) is 2.75. The molecule has 0 bridgehead atoms. The van der Waals surface area contributed by atoms with E-state index in [1.54, 1.807) is 7.11 Å². The van der Waals surface area contributed by atoms with Crippen molar-refractivity contribution < 1.29 is 4.74 Å². The molecule has 1 heterocycles. The molecule has 0 saturated carbocycles. The highest BCUT2D eigenvalue weighted by atomic mass is 16.5. The lowest BCUT2D eigenvalue weighted by Crippen LogP contribution is -2.24. The Morgan fingerprint density at radius 3 is 2.95 bits per heavy atom. The highest BCUT2D eigenvalue weighted by molar-refractivity contribution is 5.41. The molecule has 98 valence electrons. The van der Waals surface area contributed by atoms with E-state index in [1.807, 2.05) is 6.07 Å². The Kier molecular flexibility index (Phi) is 3.51. The van der Waals surface area contributed by atoms with Crippen LogP contribution in [-0.2, 0) is 19.4 Å². The predicted molar refractivity (Wildman–Crippen MR) is 77.7 cm³/mol. The zero-order valence-corrected chi connectivity index (χ0v) is 11.3. The first-order valence-corrected chi connectivity index (χ1v) is 6.80. The highest BCUT2D eigenvalue weighted by Gasteiger charge is 2.12. The van der Waals surface area contributed by atoms with Crippen LogP contribution in [0.4, 0.5) is 0 Å². The van der Waals surface area contributed by atoms with Crippen molar-refractivity contribution in [2.24, 2.45) is 0 Å². The molecule has 0 aliphatic carbocycles. The Morgan fingerprint density at radius 1 is 1.16 bits per heavy atom. The van der Waals surface area contributed by atoms with Gasteiger partial charge in [0.15, 0.2) is 0 Å². The lowest BCUT2D eigenvalue weighted by Gasteiger charge is -2.20. The molecule has 1 aliphatic rings. The maximum atomic E-state index is 5.29. The number of benzene rings is 2. The second-order valence-corrected chi connectivity index (χ2v) is 5.01. The summed E-state index contributed by atoms with van der Waals surface area (Å²) in [4.78, 5) is 0. The minimum absolute atomic E-state index is 0.931. The van der Waals surface area contributed by atoms with Gasteiger partial charge in [0.2, 0.25) is 0 Å². The molecular weight excluding hydrogens is 234 g/mol. The average Bonchev–Trinajstić information content (AvgIpc) is 2.48. The zero-order chi connectivity index (χ0) is 13.1. The first-order chi connectivity index (χ1) is 9.36. The van der Waals surface area contributed by atoms with Gasteiger partial charge in [0.05, 0.1) is 7.11 Å². The molecule has 1 aliphatic heterocycles. The van der Waals surface area contributed by atoms with E-state index in [4.69, 9.17) is 4.74 Å². The van der Waals surface area contributed by atoms with E-state index in [1.165, 1.54) is 22.3 Å². The van der Waals surface area contributed by atoms with Crippen LogP contribution in [-0.4, -0.2) is 13.7 Å². The third-order valence-corrected chi connectivity index (χ3v) is 3.77. The molecule has 0 atom stereocenters. The molecule has 2 aromatic carbocycles. The first kappa shape index (κ1) is 12.2. The van der Waals surface area contributed by atoms with Crippen LogP contribution in [0.2, 0.25) is 0 Å². The molecule has 0 aromatic heterocycles. The van der Waals surface area contributed by atoms with Crippen LogP contribution in [0, 0.1) is 0 Å². The second-order valence-electron chi connectivity index (χ2n) is 5.01. The van der Waals surface area contributed by atoms with Crippen molar-refractivity contribution >= 4 is 0 Å². The first-order valence-electron chi connectivity index (χ1n) is 6.80. The number of fused-ring (bicyclic) bond motifs is 1. The Hall–Kier alpha value is -1.80. The summed E-state index contributed by atoms with van der Waals surface area (Å²) in [5.74, 6) is 0.931. The summed E-state index contributed by atoms with van der Waals surface area (Å²) in [5, 5.41) is 3.46. The molecule has 1 N–H and O–H groups in total. The largest absolute Gasteiger partial charge is 0.497 e. The number of rotatable bonds is 3. The molecular formula is C17H19NO. The highest BCUT2D eigenvalue weighted by Crippen LogP contribution is 2.22. The number of hydrogen-bond acceptors (Lipinski definition) is 2. The molecule has 2 heteroatoms. The zero-order valence-electron chi connectivity index (χ0n) is 11.3. The van der Waals surface area contributed by atoms with E-state index >= 15 is 0 Å². The molecule has 0 saturated heterocycles. The minimum Gasteiger partial charge on any atom is -0.497 e. The lowest BCUT2D eigenvalue weighted by atomic mass is 9.92. The lowest BCUT2D eigenvalue weighted by molar-refractivity contribution is 0.414. The van der Waals surface area contributed by atoms with E-state index in [9.17, 15) is 0 Å². The van der Waals surface area contributed by atoms with Crippen LogP contribution in [0.3, 0.4) is 0 Å². The Balaban J connectivity index is 1.90. The van der Waals surface area contributed by atoms with Gasteiger partial charge in [-0.1, -0.05) is 30.3 Å². The quantitative estimate of drug-likeness (QED) is 0.908. The summed E-state index contributed by atoms with van der Waals surface area (Å²) in [7, 11) is 1.72. The monoisotopic (exact) mass is 253 g/mol. The topological polar surface area (TPSA) is 21.3 Å². The number of nitrogens with one attached hydrogen (secondary N) is 1. The predicted octanol–water partition coefficient (Wildman–Crippen LogP) is 2.93. The SMILES string of the molecule is COc1cccc(Cc2cccc3c2CNCC3)c1. The van der Waals surface area contributed by atoms with Gasteiger partial charge in [0, 0.05) is 6.54 Å². The fraction of sp³-hybridized carbons (Fsp3) is 0.294. The van der Waals surface area contributed by atoms with Crippen molar-refractivity contribution in [1.82, 2.24) is 5.32 Å². The molecule has 0 unspecified atom stereocenters. The molecule has 0 radical (unpaired) electrons. The van der Waals surface area contributed by atoms with Gasteiger partial charge >= 0.3 is 0 Å². The molecule has 0 spiro atoms. The van der Waals surface area contributed by atoms with Crippen molar-refractivity contribution in [2.45, 2.75) is 19.4 Å². The van der Waals surface area contributed by atoms with E-state index in [0.29, 0.717) is 0 Å². The molecule has 0 fully saturated rings. The van der Waals surface area contributed by atoms with Crippen LogP contribution < -0.4 is 10.1 Å². The van der Waals surface area contributed by atoms with Gasteiger partial charge in [-0.25, -0.2) is 0 Å². The third kappa shape index (κ3) is 2.64. The molecule has 2 nitrogen and oxygen atoms in total.